The molecule has 1 aromatic heterocycles. The molecule has 2 rings (SSSR count). The van der Waals surface area contributed by atoms with E-state index in [1.165, 1.54) is 22.0 Å². The zero-order valence-electron chi connectivity index (χ0n) is 10.5. The number of aromatic nitrogens is 1. The lowest BCUT2D eigenvalue weighted by atomic mass is 10.1. The van der Waals surface area contributed by atoms with Crippen LogP contribution < -0.4 is 5.73 Å². The predicted octanol–water partition coefficient (Wildman–Crippen LogP) is 3.51. The molecule has 0 aliphatic heterocycles. The maximum Gasteiger partial charge on any atom is 0.0527 e. The molecule has 0 radical (unpaired) electrons. The summed E-state index contributed by atoms with van der Waals surface area (Å²) in [4.78, 5) is 0. The van der Waals surface area contributed by atoms with Gasteiger partial charge in [-0.15, -0.1) is 0 Å². The fourth-order valence-corrected chi connectivity index (χ4v) is 2.55. The van der Waals surface area contributed by atoms with Gasteiger partial charge < -0.3 is 10.3 Å². The molecular formula is C14H19ClN2. The molecule has 0 saturated carbocycles. The average Bonchev–Trinajstić information content (AvgIpc) is 2.64. The van der Waals surface area contributed by atoms with Gasteiger partial charge in [-0.2, -0.15) is 0 Å². The minimum Gasteiger partial charge on any atom is -0.347 e. The molecule has 1 heterocycles. The molecule has 0 atom stereocenters. The second-order valence-corrected chi connectivity index (χ2v) is 4.86. The van der Waals surface area contributed by atoms with Crippen LogP contribution in [-0.4, -0.2) is 11.1 Å². The zero-order valence-corrected chi connectivity index (χ0v) is 11.2. The van der Waals surface area contributed by atoms with Crippen LogP contribution in [0.3, 0.4) is 0 Å². The van der Waals surface area contributed by atoms with Crippen LogP contribution in [0.4, 0.5) is 0 Å². The van der Waals surface area contributed by atoms with E-state index in [2.05, 4.69) is 30.7 Å². The SMILES string of the molecule is CCCn1cc(CCN)c2ccc(Cl)c(C)c21. The van der Waals surface area contributed by atoms with Gasteiger partial charge in [-0.25, -0.2) is 0 Å². The standard InChI is InChI=1S/C14H19ClN2/c1-3-8-17-9-11(6-7-16)12-4-5-13(15)10(2)14(12)17/h4-5,9H,3,6-8,16H2,1-2H3. The van der Waals surface area contributed by atoms with Crippen LogP contribution in [0.15, 0.2) is 18.3 Å². The highest BCUT2D eigenvalue weighted by atomic mass is 35.5. The maximum absolute atomic E-state index is 6.21. The van der Waals surface area contributed by atoms with Gasteiger partial charge in [-0.05, 0) is 43.5 Å². The van der Waals surface area contributed by atoms with Gasteiger partial charge in [0.05, 0.1) is 5.52 Å². The van der Waals surface area contributed by atoms with E-state index in [1.807, 2.05) is 6.07 Å². The number of fused-ring (bicyclic) bond motifs is 1. The molecule has 0 spiro atoms. The van der Waals surface area contributed by atoms with Gasteiger partial charge in [0.2, 0.25) is 0 Å². The Bertz CT molecular complexity index is 528. The summed E-state index contributed by atoms with van der Waals surface area (Å²) in [5.41, 5.74) is 9.43. The largest absolute Gasteiger partial charge is 0.347 e. The van der Waals surface area contributed by atoms with Crippen molar-refractivity contribution in [1.29, 1.82) is 0 Å². The van der Waals surface area contributed by atoms with Crippen molar-refractivity contribution in [3.05, 3.63) is 34.5 Å². The van der Waals surface area contributed by atoms with Crippen LogP contribution in [0, 0.1) is 6.92 Å². The molecule has 0 saturated heterocycles. The highest BCUT2D eigenvalue weighted by molar-refractivity contribution is 6.32. The summed E-state index contributed by atoms with van der Waals surface area (Å²) in [6.45, 7) is 5.99. The number of benzene rings is 1. The topological polar surface area (TPSA) is 30.9 Å². The van der Waals surface area contributed by atoms with Gasteiger partial charge in [0.1, 0.15) is 0 Å². The molecule has 2 nitrogen and oxygen atoms in total. The summed E-state index contributed by atoms with van der Waals surface area (Å²) in [6, 6.07) is 4.09. The van der Waals surface area contributed by atoms with Crippen LogP contribution in [0.5, 0.6) is 0 Å². The van der Waals surface area contributed by atoms with Crippen molar-refractivity contribution in [2.75, 3.05) is 6.54 Å². The third kappa shape index (κ3) is 2.20. The molecule has 0 fully saturated rings. The van der Waals surface area contributed by atoms with Gasteiger partial charge in [0, 0.05) is 23.2 Å². The first-order valence-electron chi connectivity index (χ1n) is 6.16. The monoisotopic (exact) mass is 250 g/mol. The van der Waals surface area contributed by atoms with E-state index in [4.69, 9.17) is 17.3 Å². The van der Waals surface area contributed by atoms with Gasteiger partial charge >= 0.3 is 0 Å². The minimum atomic E-state index is 0.687. The van der Waals surface area contributed by atoms with E-state index in [0.29, 0.717) is 6.54 Å². The smallest absolute Gasteiger partial charge is 0.0527 e. The van der Waals surface area contributed by atoms with Gasteiger partial charge in [0.25, 0.3) is 0 Å². The van der Waals surface area contributed by atoms with Gasteiger partial charge in [0.15, 0.2) is 0 Å². The molecule has 0 amide bonds. The lowest BCUT2D eigenvalue weighted by Gasteiger charge is -2.06. The Balaban J connectivity index is 2.67. The van der Waals surface area contributed by atoms with Crippen molar-refractivity contribution in [3.63, 3.8) is 0 Å². The zero-order chi connectivity index (χ0) is 12.4. The summed E-state index contributed by atoms with van der Waals surface area (Å²) >= 11 is 6.21. The van der Waals surface area contributed by atoms with Gasteiger partial charge in [-0.3, -0.25) is 0 Å². The summed E-state index contributed by atoms with van der Waals surface area (Å²) in [5.74, 6) is 0. The van der Waals surface area contributed by atoms with Crippen LogP contribution in [0.25, 0.3) is 10.9 Å². The Kier molecular flexibility index (Phi) is 3.75. The normalized spacial score (nSPS) is 11.3. The molecule has 2 N–H and O–H groups in total. The molecule has 1 aromatic carbocycles. The van der Waals surface area contributed by atoms with E-state index >= 15 is 0 Å². The van der Waals surface area contributed by atoms with Crippen LogP contribution in [-0.2, 0) is 13.0 Å². The Morgan fingerprint density at radius 2 is 2.12 bits per heavy atom. The predicted molar refractivity (Wildman–Crippen MR) is 74.7 cm³/mol. The Labute approximate surface area is 107 Å². The van der Waals surface area contributed by atoms with Crippen LogP contribution >= 0.6 is 11.6 Å². The van der Waals surface area contributed by atoms with Crippen molar-refractivity contribution in [2.24, 2.45) is 5.73 Å². The number of aryl methyl sites for hydroxylation is 2. The first-order chi connectivity index (χ1) is 8.19. The number of nitrogens with two attached hydrogens (primary N) is 1. The van der Waals surface area contributed by atoms with E-state index in [9.17, 15) is 0 Å². The van der Waals surface area contributed by atoms with Crippen molar-refractivity contribution < 1.29 is 0 Å². The van der Waals surface area contributed by atoms with Gasteiger partial charge in [-0.1, -0.05) is 24.6 Å². The fourth-order valence-electron chi connectivity index (χ4n) is 2.40. The molecule has 2 aromatic rings. The maximum atomic E-state index is 6.21. The molecule has 3 heteroatoms. The van der Waals surface area contributed by atoms with E-state index in [1.54, 1.807) is 0 Å². The minimum absolute atomic E-state index is 0.687. The van der Waals surface area contributed by atoms with E-state index < -0.39 is 0 Å². The third-order valence-corrected chi connectivity index (χ3v) is 3.60. The lowest BCUT2D eigenvalue weighted by molar-refractivity contribution is 0.699. The van der Waals surface area contributed by atoms with Crippen molar-refractivity contribution in [1.82, 2.24) is 4.57 Å². The lowest BCUT2D eigenvalue weighted by Crippen LogP contribution is -2.02. The Morgan fingerprint density at radius 1 is 1.35 bits per heavy atom. The number of hydrogen-bond acceptors (Lipinski definition) is 1. The molecule has 0 aliphatic carbocycles. The Morgan fingerprint density at radius 3 is 2.76 bits per heavy atom. The fraction of sp³-hybridized carbons (Fsp3) is 0.429. The summed E-state index contributed by atoms with van der Waals surface area (Å²) in [5, 5.41) is 2.14. The Hall–Kier alpha value is -0.990. The van der Waals surface area contributed by atoms with E-state index in [0.717, 1.165) is 24.4 Å². The number of hydrogen-bond donors (Lipinski definition) is 1. The second-order valence-electron chi connectivity index (χ2n) is 4.45. The summed E-state index contributed by atoms with van der Waals surface area (Å²) < 4.78 is 2.31. The molecule has 0 bridgehead atoms. The highest BCUT2D eigenvalue weighted by Gasteiger charge is 2.11. The quantitative estimate of drug-likeness (QED) is 0.885. The molecular weight excluding hydrogens is 232 g/mol. The van der Waals surface area contributed by atoms with E-state index in [-0.39, 0.29) is 0 Å². The first-order valence-corrected chi connectivity index (χ1v) is 6.53. The molecule has 0 aliphatic rings. The van der Waals surface area contributed by atoms with Crippen molar-refractivity contribution >= 4 is 22.5 Å². The second kappa shape index (κ2) is 5.11. The number of rotatable bonds is 4. The summed E-state index contributed by atoms with van der Waals surface area (Å²) in [6.07, 6.45) is 4.27. The first kappa shape index (κ1) is 12.5. The summed E-state index contributed by atoms with van der Waals surface area (Å²) in [7, 11) is 0. The van der Waals surface area contributed by atoms with Crippen molar-refractivity contribution in [3.8, 4) is 0 Å². The molecule has 92 valence electrons. The third-order valence-electron chi connectivity index (χ3n) is 3.19. The average molecular weight is 251 g/mol. The number of nitrogens with zero attached hydrogens (tertiary/aromatic N) is 1. The molecule has 0 unspecified atom stereocenters. The highest BCUT2D eigenvalue weighted by Crippen LogP contribution is 2.29. The van der Waals surface area contributed by atoms with Crippen LogP contribution in [0.1, 0.15) is 24.5 Å². The molecule has 17 heavy (non-hydrogen) atoms. The number of halogens is 1. The van der Waals surface area contributed by atoms with Crippen LogP contribution in [0.2, 0.25) is 5.02 Å². The van der Waals surface area contributed by atoms with Crippen molar-refractivity contribution in [2.45, 2.75) is 33.2 Å².